The quantitative estimate of drug-likeness (QED) is 0.443. The lowest BCUT2D eigenvalue weighted by atomic mass is 10.1. The predicted octanol–water partition coefficient (Wildman–Crippen LogP) is 4.14. The first kappa shape index (κ1) is 22.7. The second kappa shape index (κ2) is 9.43. The summed E-state index contributed by atoms with van der Waals surface area (Å²) < 4.78 is 1.96. The molecule has 0 bridgehead atoms. The summed E-state index contributed by atoms with van der Waals surface area (Å²) >= 11 is 0. The molecule has 0 fully saturated rings. The van der Waals surface area contributed by atoms with Gasteiger partial charge in [-0.2, -0.15) is 10.1 Å². The average molecular weight is 425 g/mol. The van der Waals surface area contributed by atoms with E-state index in [1.807, 2.05) is 28.9 Å². The van der Waals surface area contributed by atoms with Crippen LogP contribution in [0.15, 0.2) is 24.3 Å². The number of anilines is 2. The van der Waals surface area contributed by atoms with Crippen LogP contribution in [0, 0.1) is 0 Å². The number of hydrogen-bond donors (Lipinski definition) is 3. The standard InChI is InChI=1S/C23H32N6O2/c1-13(2)19-20-21(29(28-19)14(3)4)22(27-23(26-20)25-11-15(5)30)24-12-17-8-7-9-18(10-17)16(6)31/h7-10,13-15,30H,11-12H2,1-6H3,(H2,24,25,26,27). The molecular formula is C23H32N6O2. The molecule has 0 saturated carbocycles. The number of benzene rings is 1. The molecule has 3 aromatic rings. The van der Waals surface area contributed by atoms with Gasteiger partial charge in [0, 0.05) is 24.7 Å². The molecule has 3 rings (SSSR count). The molecule has 2 heterocycles. The first-order valence-electron chi connectivity index (χ1n) is 10.7. The molecule has 31 heavy (non-hydrogen) atoms. The summed E-state index contributed by atoms with van der Waals surface area (Å²) in [5, 5.41) is 21.0. The lowest BCUT2D eigenvalue weighted by Gasteiger charge is -2.14. The van der Waals surface area contributed by atoms with E-state index in [1.165, 1.54) is 0 Å². The van der Waals surface area contributed by atoms with E-state index in [-0.39, 0.29) is 17.7 Å². The van der Waals surface area contributed by atoms with Crippen LogP contribution in [0.25, 0.3) is 11.0 Å². The Bertz CT molecular complexity index is 1070. The van der Waals surface area contributed by atoms with E-state index >= 15 is 0 Å². The molecule has 8 nitrogen and oxygen atoms in total. The van der Waals surface area contributed by atoms with Crippen LogP contribution >= 0.6 is 0 Å². The van der Waals surface area contributed by atoms with Gasteiger partial charge in [-0.1, -0.05) is 32.0 Å². The average Bonchev–Trinajstić information content (AvgIpc) is 3.11. The van der Waals surface area contributed by atoms with Crippen LogP contribution in [0.1, 0.15) is 75.1 Å². The van der Waals surface area contributed by atoms with Gasteiger partial charge in [-0.3, -0.25) is 9.48 Å². The maximum atomic E-state index is 11.7. The van der Waals surface area contributed by atoms with E-state index in [1.54, 1.807) is 13.8 Å². The van der Waals surface area contributed by atoms with Crippen LogP contribution in [0.3, 0.4) is 0 Å². The van der Waals surface area contributed by atoms with Crippen LogP contribution < -0.4 is 10.6 Å². The summed E-state index contributed by atoms with van der Waals surface area (Å²) in [6.45, 7) is 12.5. The third kappa shape index (κ3) is 5.19. The molecule has 1 unspecified atom stereocenters. The minimum absolute atomic E-state index is 0.0374. The van der Waals surface area contributed by atoms with Gasteiger partial charge in [0.15, 0.2) is 11.6 Å². The highest BCUT2D eigenvalue weighted by molar-refractivity contribution is 5.94. The summed E-state index contributed by atoms with van der Waals surface area (Å²) in [4.78, 5) is 21.1. The summed E-state index contributed by atoms with van der Waals surface area (Å²) in [5.74, 6) is 1.34. The van der Waals surface area contributed by atoms with E-state index in [0.717, 1.165) is 22.3 Å². The van der Waals surface area contributed by atoms with Crippen molar-refractivity contribution in [2.75, 3.05) is 17.2 Å². The van der Waals surface area contributed by atoms with Crippen molar-refractivity contribution in [1.29, 1.82) is 0 Å². The maximum absolute atomic E-state index is 11.7. The van der Waals surface area contributed by atoms with E-state index in [9.17, 15) is 9.90 Å². The highest BCUT2D eigenvalue weighted by atomic mass is 16.3. The van der Waals surface area contributed by atoms with Gasteiger partial charge in [0.05, 0.1) is 11.8 Å². The lowest BCUT2D eigenvalue weighted by Crippen LogP contribution is -2.18. The number of aliphatic hydroxyl groups is 1. The van der Waals surface area contributed by atoms with Crippen molar-refractivity contribution in [3.8, 4) is 0 Å². The highest BCUT2D eigenvalue weighted by Crippen LogP contribution is 2.31. The zero-order valence-electron chi connectivity index (χ0n) is 19.1. The Balaban J connectivity index is 2.06. The molecule has 0 aliphatic heterocycles. The Kier molecular flexibility index (Phi) is 6.90. The molecule has 1 atom stereocenters. The van der Waals surface area contributed by atoms with Gasteiger partial charge in [-0.05, 0) is 45.2 Å². The van der Waals surface area contributed by atoms with Crippen LogP contribution in [0.2, 0.25) is 0 Å². The number of aliphatic hydroxyl groups excluding tert-OH is 1. The second-order valence-electron chi connectivity index (χ2n) is 8.51. The van der Waals surface area contributed by atoms with Gasteiger partial charge in [-0.15, -0.1) is 0 Å². The Morgan fingerprint density at radius 3 is 2.48 bits per heavy atom. The van der Waals surface area contributed by atoms with Gasteiger partial charge < -0.3 is 15.7 Å². The molecule has 0 amide bonds. The Labute approximate surface area is 183 Å². The molecule has 0 aliphatic carbocycles. The number of nitrogens with zero attached hydrogens (tertiary/aromatic N) is 4. The second-order valence-corrected chi connectivity index (χ2v) is 8.51. The van der Waals surface area contributed by atoms with Gasteiger partial charge >= 0.3 is 0 Å². The normalized spacial score (nSPS) is 12.5. The fourth-order valence-corrected chi connectivity index (χ4v) is 3.35. The summed E-state index contributed by atoms with van der Waals surface area (Å²) in [7, 11) is 0. The van der Waals surface area contributed by atoms with Crippen molar-refractivity contribution < 1.29 is 9.90 Å². The number of fused-ring (bicyclic) bond motifs is 1. The number of Topliss-reactive ketones (excluding diaryl/α,β-unsaturated/α-hetero) is 1. The van der Waals surface area contributed by atoms with E-state index in [4.69, 9.17) is 10.1 Å². The number of ketones is 1. The van der Waals surface area contributed by atoms with Gasteiger partial charge in [0.2, 0.25) is 5.95 Å². The first-order chi connectivity index (χ1) is 14.7. The molecule has 8 heteroatoms. The van der Waals surface area contributed by atoms with E-state index < -0.39 is 6.10 Å². The molecule has 0 aliphatic rings. The van der Waals surface area contributed by atoms with E-state index in [2.05, 4.69) is 43.3 Å². The topological polar surface area (TPSA) is 105 Å². The molecule has 2 aromatic heterocycles. The van der Waals surface area contributed by atoms with Gasteiger partial charge in [-0.25, -0.2) is 4.98 Å². The van der Waals surface area contributed by atoms with Crippen LogP contribution in [0.5, 0.6) is 0 Å². The molecule has 1 aromatic carbocycles. The van der Waals surface area contributed by atoms with Crippen LogP contribution in [0.4, 0.5) is 11.8 Å². The summed E-state index contributed by atoms with van der Waals surface area (Å²) in [5.41, 5.74) is 4.22. The minimum atomic E-state index is -0.520. The SMILES string of the molecule is CC(=O)c1cccc(CNc2nc(NCC(C)O)nc3c(C(C)C)nn(C(C)C)c23)c1. The van der Waals surface area contributed by atoms with Crippen molar-refractivity contribution in [2.45, 2.75) is 66.2 Å². The fraction of sp³-hybridized carbons (Fsp3) is 0.478. The van der Waals surface area contributed by atoms with Crippen molar-refractivity contribution in [1.82, 2.24) is 19.7 Å². The number of nitrogens with one attached hydrogen (secondary N) is 2. The molecule has 0 saturated heterocycles. The van der Waals surface area contributed by atoms with Crippen molar-refractivity contribution >= 4 is 28.6 Å². The largest absolute Gasteiger partial charge is 0.392 e. The number of aromatic nitrogens is 4. The minimum Gasteiger partial charge on any atom is -0.392 e. The van der Waals surface area contributed by atoms with Crippen molar-refractivity contribution in [2.24, 2.45) is 0 Å². The van der Waals surface area contributed by atoms with E-state index in [0.29, 0.717) is 30.4 Å². The highest BCUT2D eigenvalue weighted by Gasteiger charge is 2.22. The monoisotopic (exact) mass is 424 g/mol. The Hall–Kier alpha value is -3.00. The number of rotatable bonds is 9. The maximum Gasteiger partial charge on any atom is 0.225 e. The third-order valence-electron chi connectivity index (χ3n) is 4.96. The summed E-state index contributed by atoms with van der Waals surface area (Å²) in [6, 6.07) is 7.70. The Morgan fingerprint density at radius 2 is 1.87 bits per heavy atom. The molecule has 3 N–H and O–H groups in total. The van der Waals surface area contributed by atoms with Crippen molar-refractivity contribution in [3.63, 3.8) is 0 Å². The van der Waals surface area contributed by atoms with Crippen LogP contribution in [-0.2, 0) is 6.54 Å². The zero-order valence-corrected chi connectivity index (χ0v) is 19.1. The number of hydrogen-bond acceptors (Lipinski definition) is 7. The van der Waals surface area contributed by atoms with Gasteiger partial charge in [0.25, 0.3) is 0 Å². The summed E-state index contributed by atoms with van der Waals surface area (Å²) in [6.07, 6.45) is -0.520. The lowest BCUT2D eigenvalue weighted by molar-refractivity contribution is 0.101. The van der Waals surface area contributed by atoms with Gasteiger partial charge in [0.1, 0.15) is 11.0 Å². The third-order valence-corrected chi connectivity index (χ3v) is 4.96. The number of carbonyl (C=O) groups excluding carboxylic acids is 1. The molecule has 0 spiro atoms. The molecular weight excluding hydrogens is 392 g/mol. The smallest absolute Gasteiger partial charge is 0.225 e. The fourth-order valence-electron chi connectivity index (χ4n) is 3.35. The first-order valence-corrected chi connectivity index (χ1v) is 10.7. The Morgan fingerprint density at radius 1 is 1.13 bits per heavy atom. The molecule has 0 radical (unpaired) electrons. The number of carbonyl (C=O) groups is 1. The zero-order chi connectivity index (χ0) is 22.7. The molecule has 166 valence electrons. The van der Waals surface area contributed by atoms with Crippen molar-refractivity contribution in [3.05, 3.63) is 41.1 Å². The van der Waals surface area contributed by atoms with Crippen LogP contribution in [-0.4, -0.2) is 43.3 Å². The predicted molar refractivity (Wildman–Crippen MR) is 124 cm³/mol.